The minimum Gasteiger partial charge on any atom is -0.393 e. The highest BCUT2D eigenvalue weighted by atomic mass is 32.1. The van der Waals surface area contributed by atoms with Crippen molar-refractivity contribution in [3.63, 3.8) is 0 Å². The standard InChI is InChI=1S/C25H34F3N5O3S/c1-13-6-5-9-33(13)23(36)19-20(37-22(31-19)21(35)30-14-7-8-15(34)10-14)16-12-29-18(32-24(2,3)4)11-17(16)25(26,27)28/h12-15,17,34H,5-11H2,1-4H3,(H,29,32)(H,30,35)/t13-,14-,15+,17?/m0/s1. The monoisotopic (exact) mass is 541 g/mol. The van der Waals surface area contributed by atoms with Crippen LogP contribution in [-0.4, -0.2) is 69.1 Å². The molecule has 2 aliphatic heterocycles. The normalized spacial score (nSPS) is 26.6. The van der Waals surface area contributed by atoms with E-state index in [1.54, 1.807) is 4.90 Å². The molecule has 3 heterocycles. The number of carbonyl (C=O) groups is 2. The zero-order chi connectivity index (χ0) is 27.1. The summed E-state index contributed by atoms with van der Waals surface area (Å²) in [5, 5.41) is 15.5. The number of nitrogens with zero attached hydrogens (tertiary/aromatic N) is 3. The van der Waals surface area contributed by atoms with Crippen molar-refractivity contribution in [2.45, 2.75) is 96.1 Å². The second kappa shape index (κ2) is 10.4. The molecule has 2 amide bonds. The van der Waals surface area contributed by atoms with Gasteiger partial charge in [-0.1, -0.05) is 0 Å². The third kappa shape index (κ3) is 6.34. The molecule has 0 aromatic carbocycles. The van der Waals surface area contributed by atoms with Crippen molar-refractivity contribution in [1.29, 1.82) is 0 Å². The smallest absolute Gasteiger partial charge is 0.393 e. The van der Waals surface area contributed by atoms with Gasteiger partial charge in [0.2, 0.25) is 0 Å². The summed E-state index contributed by atoms with van der Waals surface area (Å²) in [6, 6.07) is -0.321. The minimum atomic E-state index is -4.60. The van der Waals surface area contributed by atoms with Crippen molar-refractivity contribution in [1.82, 2.24) is 20.5 Å². The van der Waals surface area contributed by atoms with E-state index in [2.05, 4.69) is 20.6 Å². The number of aliphatic imine (C=N–C) groups is 1. The average Bonchev–Trinajstić information content (AvgIpc) is 3.51. The van der Waals surface area contributed by atoms with E-state index in [1.165, 1.54) is 0 Å². The third-order valence-corrected chi connectivity index (χ3v) is 7.99. The lowest BCUT2D eigenvalue weighted by Gasteiger charge is -2.30. The Labute approximate surface area is 218 Å². The average molecular weight is 542 g/mol. The molecule has 1 aromatic heterocycles. The number of hydrogen-bond donors (Lipinski definition) is 3. The maximum Gasteiger partial charge on any atom is 0.396 e. The van der Waals surface area contributed by atoms with Crippen molar-refractivity contribution in [2.24, 2.45) is 10.9 Å². The number of rotatable bonds is 4. The van der Waals surface area contributed by atoms with Crippen molar-refractivity contribution < 1.29 is 27.9 Å². The van der Waals surface area contributed by atoms with Crippen LogP contribution in [0.15, 0.2) is 11.2 Å². The number of thiazole rings is 1. The number of halogens is 3. The Kier molecular flexibility index (Phi) is 7.72. The van der Waals surface area contributed by atoms with E-state index in [9.17, 15) is 27.9 Å². The largest absolute Gasteiger partial charge is 0.396 e. The lowest BCUT2D eigenvalue weighted by molar-refractivity contribution is -0.156. The summed E-state index contributed by atoms with van der Waals surface area (Å²) in [5.74, 6) is -2.73. The summed E-state index contributed by atoms with van der Waals surface area (Å²) in [7, 11) is 0. The van der Waals surface area contributed by atoms with Gasteiger partial charge in [-0.05, 0) is 59.8 Å². The van der Waals surface area contributed by atoms with Gasteiger partial charge in [0.15, 0.2) is 5.01 Å². The van der Waals surface area contributed by atoms with Crippen molar-refractivity contribution in [2.75, 3.05) is 6.54 Å². The number of likely N-dealkylation sites (tertiary alicyclic amines) is 1. The molecule has 1 aliphatic carbocycles. The molecule has 8 nitrogen and oxygen atoms in total. The zero-order valence-corrected chi connectivity index (χ0v) is 22.3. The van der Waals surface area contributed by atoms with E-state index < -0.39 is 42.0 Å². The molecule has 204 valence electrons. The number of hydrogen-bond acceptors (Lipinski definition) is 7. The van der Waals surface area contributed by atoms with Gasteiger partial charge in [-0.15, -0.1) is 11.3 Å². The van der Waals surface area contributed by atoms with Crippen LogP contribution in [0.2, 0.25) is 0 Å². The first-order chi connectivity index (χ1) is 17.2. The highest BCUT2D eigenvalue weighted by molar-refractivity contribution is 7.15. The minimum absolute atomic E-state index is 0.0293. The Morgan fingerprint density at radius 1 is 1.19 bits per heavy atom. The van der Waals surface area contributed by atoms with E-state index in [1.807, 2.05) is 27.7 Å². The molecule has 0 bridgehead atoms. The summed E-state index contributed by atoms with van der Waals surface area (Å²) < 4.78 is 42.9. The number of aliphatic hydroxyl groups excluding tert-OH is 1. The maximum absolute atomic E-state index is 14.3. The van der Waals surface area contributed by atoms with E-state index in [-0.39, 0.29) is 39.1 Å². The van der Waals surface area contributed by atoms with Crippen LogP contribution in [0.4, 0.5) is 13.2 Å². The quantitative estimate of drug-likeness (QED) is 0.532. The molecular formula is C25H34F3N5O3S. The second-order valence-electron chi connectivity index (χ2n) is 11.2. The lowest BCUT2D eigenvalue weighted by atomic mass is 9.90. The Morgan fingerprint density at radius 2 is 1.92 bits per heavy atom. The number of amidine groups is 1. The Morgan fingerprint density at radius 3 is 2.49 bits per heavy atom. The third-order valence-electron chi connectivity index (χ3n) is 6.89. The van der Waals surface area contributed by atoms with E-state index in [4.69, 9.17) is 0 Å². The number of nitrogens with one attached hydrogen (secondary N) is 2. The van der Waals surface area contributed by atoms with Crippen molar-refractivity contribution in [3.8, 4) is 0 Å². The molecule has 4 atom stereocenters. The van der Waals surface area contributed by atoms with Crippen LogP contribution >= 0.6 is 11.3 Å². The van der Waals surface area contributed by atoms with Gasteiger partial charge in [0.05, 0.1) is 16.9 Å². The Balaban J connectivity index is 1.74. The highest BCUT2D eigenvalue weighted by Crippen LogP contribution is 2.44. The molecule has 3 aliphatic rings. The summed E-state index contributed by atoms with van der Waals surface area (Å²) >= 11 is 0.790. The van der Waals surface area contributed by atoms with E-state index in [0.29, 0.717) is 25.8 Å². The first-order valence-corrected chi connectivity index (χ1v) is 13.5. The number of allylic oxidation sites excluding steroid dienone is 1. The van der Waals surface area contributed by atoms with Crippen LogP contribution in [0.1, 0.15) is 91.4 Å². The summed E-state index contributed by atoms with van der Waals surface area (Å²) in [5.41, 5.74) is -0.773. The van der Waals surface area contributed by atoms with E-state index in [0.717, 1.165) is 30.4 Å². The van der Waals surface area contributed by atoms with Crippen LogP contribution in [0.3, 0.4) is 0 Å². The van der Waals surface area contributed by atoms with Gasteiger partial charge in [-0.3, -0.25) is 9.59 Å². The van der Waals surface area contributed by atoms with Crippen LogP contribution in [0, 0.1) is 5.92 Å². The molecule has 1 saturated carbocycles. The SMILES string of the molecule is C[C@H]1CCCN1C(=O)c1nc(C(=O)N[C@H]2CC[C@@H](O)C2)sc1C1=CN=C(NC(C)(C)C)CC1C(F)(F)F. The molecule has 1 aromatic rings. The van der Waals surface area contributed by atoms with Gasteiger partial charge >= 0.3 is 6.18 Å². The fraction of sp³-hybridized carbons (Fsp3) is 0.680. The van der Waals surface area contributed by atoms with Crippen LogP contribution in [-0.2, 0) is 0 Å². The Hall–Kier alpha value is -2.47. The number of amides is 2. The Bertz CT molecular complexity index is 1110. The zero-order valence-electron chi connectivity index (χ0n) is 21.5. The van der Waals surface area contributed by atoms with Crippen LogP contribution < -0.4 is 10.6 Å². The van der Waals surface area contributed by atoms with Gasteiger partial charge in [0.1, 0.15) is 11.5 Å². The maximum atomic E-state index is 14.3. The van der Waals surface area contributed by atoms with Gasteiger partial charge in [-0.25, -0.2) is 9.98 Å². The molecule has 3 N–H and O–H groups in total. The van der Waals surface area contributed by atoms with Gasteiger partial charge in [-0.2, -0.15) is 13.2 Å². The predicted octanol–water partition coefficient (Wildman–Crippen LogP) is 4.12. The van der Waals surface area contributed by atoms with Crippen molar-refractivity contribution in [3.05, 3.63) is 21.8 Å². The molecule has 1 unspecified atom stereocenters. The number of alkyl halides is 3. The number of aliphatic hydroxyl groups is 1. The molecular weight excluding hydrogens is 507 g/mol. The molecule has 0 spiro atoms. The van der Waals surface area contributed by atoms with Gasteiger partial charge in [0.25, 0.3) is 11.8 Å². The molecule has 4 rings (SSSR count). The molecule has 1 saturated heterocycles. The van der Waals surface area contributed by atoms with Crippen LogP contribution in [0.25, 0.3) is 5.57 Å². The fourth-order valence-electron chi connectivity index (χ4n) is 5.08. The molecule has 37 heavy (non-hydrogen) atoms. The number of aromatic nitrogens is 1. The summed E-state index contributed by atoms with van der Waals surface area (Å²) in [6.07, 6.45) is -1.19. The second-order valence-corrected chi connectivity index (χ2v) is 12.2. The first-order valence-electron chi connectivity index (χ1n) is 12.7. The summed E-state index contributed by atoms with van der Waals surface area (Å²) in [6.45, 7) is 7.88. The molecule has 12 heteroatoms. The fourth-order valence-corrected chi connectivity index (χ4v) is 6.11. The lowest BCUT2D eigenvalue weighted by Crippen LogP contribution is -2.43. The van der Waals surface area contributed by atoms with Crippen molar-refractivity contribution >= 4 is 34.6 Å². The predicted molar refractivity (Wildman–Crippen MR) is 135 cm³/mol. The summed E-state index contributed by atoms with van der Waals surface area (Å²) in [4.78, 5) is 36.7. The highest BCUT2D eigenvalue weighted by Gasteiger charge is 2.46. The topological polar surface area (TPSA) is 107 Å². The molecule has 2 fully saturated rings. The first kappa shape index (κ1) is 27.6. The van der Waals surface area contributed by atoms with Gasteiger partial charge < -0.3 is 20.6 Å². The van der Waals surface area contributed by atoms with Crippen LogP contribution in [0.5, 0.6) is 0 Å². The number of carbonyl (C=O) groups excluding carboxylic acids is 2. The van der Waals surface area contributed by atoms with E-state index >= 15 is 0 Å². The molecule has 0 radical (unpaired) electrons. The van der Waals surface area contributed by atoms with Gasteiger partial charge in [0, 0.05) is 42.4 Å².